The topological polar surface area (TPSA) is 58.4 Å². The number of nitrogens with zero attached hydrogens (tertiary/aromatic N) is 1. The van der Waals surface area contributed by atoms with E-state index in [4.69, 9.17) is 5.73 Å². The lowest BCUT2D eigenvalue weighted by Crippen LogP contribution is -2.40. The van der Waals surface area contributed by atoms with E-state index >= 15 is 0 Å². The van der Waals surface area contributed by atoms with Crippen molar-refractivity contribution in [3.8, 4) is 0 Å². The van der Waals surface area contributed by atoms with Crippen molar-refractivity contribution in [2.45, 2.75) is 19.0 Å². The Labute approximate surface area is 148 Å². The van der Waals surface area contributed by atoms with Gasteiger partial charge in [-0.2, -0.15) is 0 Å². The second-order valence-corrected chi connectivity index (χ2v) is 6.50. The Morgan fingerprint density at radius 2 is 1.68 bits per heavy atom. The van der Waals surface area contributed by atoms with Crippen LogP contribution >= 0.6 is 0 Å². The van der Waals surface area contributed by atoms with Crippen LogP contribution in [0.3, 0.4) is 0 Å². The zero-order valence-corrected chi connectivity index (χ0v) is 14.9. The lowest BCUT2D eigenvalue weighted by atomic mass is 9.94. The molecular formula is C20H26FN3O. The summed E-state index contributed by atoms with van der Waals surface area (Å²) in [5, 5.41) is 2.97. The van der Waals surface area contributed by atoms with Gasteiger partial charge in [0.2, 0.25) is 5.91 Å². The van der Waals surface area contributed by atoms with E-state index in [2.05, 4.69) is 5.32 Å². The highest BCUT2D eigenvalue weighted by Crippen LogP contribution is 2.21. The third kappa shape index (κ3) is 5.11. The van der Waals surface area contributed by atoms with Crippen molar-refractivity contribution < 1.29 is 9.18 Å². The van der Waals surface area contributed by atoms with E-state index in [1.54, 1.807) is 12.1 Å². The zero-order valence-electron chi connectivity index (χ0n) is 14.9. The van der Waals surface area contributed by atoms with Crippen LogP contribution in [-0.4, -0.2) is 31.4 Å². The third-order valence-electron chi connectivity index (χ3n) is 4.48. The minimum absolute atomic E-state index is 0.0373. The highest BCUT2D eigenvalue weighted by atomic mass is 19.1. The first-order valence-corrected chi connectivity index (χ1v) is 8.40. The molecule has 0 spiro atoms. The molecule has 0 fully saturated rings. The van der Waals surface area contributed by atoms with Crippen LogP contribution in [0.4, 0.5) is 4.39 Å². The Balaban J connectivity index is 1.99. The molecular weight excluding hydrogens is 317 g/mol. The fraction of sp³-hybridized carbons (Fsp3) is 0.350. The van der Waals surface area contributed by atoms with Crippen molar-refractivity contribution in [1.29, 1.82) is 0 Å². The van der Waals surface area contributed by atoms with E-state index in [0.717, 1.165) is 11.1 Å². The summed E-state index contributed by atoms with van der Waals surface area (Å²) in [6.45, 7) is 2.26. The van der Waals surface area contributed by atoms with Gasteiger partial charge in [0.1, 0.15) is 5.82 Å². The van der Waals surface area contributed by atoms with Gasteiger partial charge in [-0.15, -0.1) is 0 Å². The molecule has 0 aliphatic carbocycles. The lowest BCUT2D eigenvalue weighted by molar-refractivity contribution is -0.125. The van der Waals surface area contributed by atoms with Crippen molar-refractivity contribution in [3.05, 3.63) is 71.5 Å². The van der Waals surface area contributed by atoms with Gasteiger partial charge < -0.3 is 16.0 Å². The first kappa shape index (κ1) is 19.1. The Hall–Kier alpha value is -2.24. The summed E-state index contributed by atoms with van der Waals surface area (Å²) in [5.41, 5.74) is 8.11. The molecule has 3 atom stereocenters. The highest BCUT2D eigenvalue weighted by Gasteiger charge is 2.23. The molecule has 134 valence electrons. The van der Waals surface area contributed by atoms with Crippen LogP contribution < -0.4 is 11.1 Å². The molecule has 0 aromatic heterocycles. The minimum Gasteiger partial charge on any atom is -0.354 e. The first-order chi connectivity index (χ1) is 11.9. The number of hydrogen-bond donors (Lipinski definition) is 2. The van der Waals surface area contributed by atoms with E-state index in [1.165, 1.54) is 12.1 Å². The Bertz CT molecular complexity index is 673. The molecule has 0 radical (unpaired) electrons. The molecule has 4 nitrogen and oxygen atoms in total. The predicted octanol–water partition coefficient (Wildman–Crippen LogP) is 2.88. The molecule has 0 heterocycles. The molecule has 0 saturated heterocycles. The smallest absolute Gasteiger partial charge is 0.224 e. The molecule has 25 heavy (non-hydrogen) atoms. The average molecular weight is 343 g/mol. The number of carbonyl (C=O) groups is 1. The molecule has 2 aromatic carbocycles. The summed E-state index contributed by atoms with van der Waals surface area (Å²) >= 11 is 0. The fourth-order valence-electron chi connectivity index (χ4n) is 2.77. The van der Waals surface area contributed by atoms with Gasteiger partial charge in [0.05, 0.1) is 12.0 Å². The van der Waals surface area contributed by atoms with E-state index in [-0.39, 0.29) is 29.7 Å². The predicted molar refractivity (Wildman–Crippen MR) is 98.4 cm³/mol. The van der Waals surface area contributed by atoms with E-state index in [0.29, 0.717) is 6.54 Å². The molecule has 3 unspecified atom stereocenters. The number of benzene rings is 2. The monoisotopic (exact) mass is 343 g/mol. The maximum atomic E-state index is 13.1. The van der Waals surface area contributed by atoms with E-state index < -0.39 is 0 Å². The standard InChI is InChI=1S/C20H26FN3O/c1-14(19(22)16-7-5-4-6-8-16)20(25)23-13-18(24(2)3)15-9-11-17(21)12-10-15/h4-12,14,18-19H,13,22H2,1-3H3,(H,23,25). The van der Waals surface area contributed by atoms with E-state index in [9.17, 15) is 9.18 Å². The fourth-order valence-corrected chi connectivity index (χ4v) is 2.77. The van der Waals surface area contributed by atoms with E-state index in [1.807, 2.05) is 56.3 Å². The molecule has 2 rings (SSSR count). The molecule has 3 N–H and O–H groups in total. The molecule has 5 heteroatoms. The van der Waals surface area contributed by atoms with Crippen LogP contribution in [0, 0.1) is 11.7 Å². The summed E-state index contributed by atoms with van der Waals surface area (Å²) in [6, 6.07) is 15.6. The van der Waals surface area contributed by atoms with Crippen LogP contribution in [0.2, 0.25) is 0 Å². The number of hydrogen-bond acceptors (Lipinski definition) is 3. The molecule has 2 aromatic rings. The number of amides is 1. The summed E-state index contributed by atoms with van der Waals surface area (Å²) < 4.78 is 13.1. The van der Waals surface area contributed by atoms with Crippen molar-refractivity contribution >= 4 is 5.91 Å². The number of rotatable bonds is 7. The SMILES string of the molecule is CC(C(=O)NCC(c1ccc(F)cc1)N(C)C)C(N)c1ccccc1. The molecule has 0 saturated carbocycles. The van der Waals surface area contributed by atoms with Crippen molar-refractivity contribution in [3.63, 3.8) is 0 Å². The summed E-state index contributed by atoms with van der Waals surface area (Å²) in [5.74, 6) is -0.712. The van der Waals surface area contributed by atoms with Gasteiger partial charge in [-0.3, -0.25) is 4.79 Å². The Kier molecular flexibility index (Phi) is 6.67. The van der Waals surface area contributed by atoms with Crippen LogP contribution in [-0.2, 0) is 4.79 Å². The largest absolute Gasteiger partial charge is 0.354 e. The first-order valence-electron chi connectivity index (χ1n) is 8.40. The van der Waals surface area contributed by atoms with Gasteiger partial charge >= 0.3 is 0 Å². The van der Waals surface area contributed by atoms with Crippen LogP contribution in [0.1, 0.15) is 30.1 Å². The van der Waals surface area contributed by atoms with Gasteiger partial charge in [-0.05, 0) is 37.4 Å². The van der Waals surface area contributed by atoms with Crippen molar-refractivity contribution in [2.75, 3.05) is 20.6 Å². The zero-order chi connectivity index (χ0) is 18.4. The maximum absolute atomic E-state index is 13.1. The maximum Gasteiger partial charge on any atom is 0.224 e. The molecule has 0 aliphatic rings. The number of nitrogens with one attached hydrogen (secondary N) is 1. The van der Waals surface area contributed by atoms with Crippen LogP contribution in [0.5, 0.6) is 0 Å². The van der Waals surface area contributed by atoms with Crippen LogP contribution in [0.15, 0.2) is 54.6 Å². The minimum atomic E-state index is -0.357. The van der Waals surface area contributed by atoms with Gasteiger partial charge in [0.25, 0.3) is 0 Å². The number of halogens is 1. The van der Waals surface area contributed by atoms with Gasteiger partial charge in [0, 0.05) is 12.6 Å². The summed E-state index contributed by atoms with van der Waals surface area (Å²) in [6.07, 6.45) is 0. The number of carbonyl (C=O) groups excluding carboxylic acids is 1. The molecule has 0 bridgehead atoms. The third-order valence-corrected chi connectivity index (χ3v) is 4.48. The van der Waals surface area contributed by atoms with Crippen molar-refractivity contribution in [2.24, 2.45) is 11.7 Å². The summed E-state index contributed by atoms with van der Waals surface area (Å²) in [7, 11) is 3.86. The highest BCUT2D eigenvalue weighted by molar-refractivity contribution is 5.79. The average Bonchev–Trinajstić information content (AvgIpc) is 2.62. The van der Waals surface area contributed by atoms with Gasteiger partial charge in [-0.25, -0.2) is 4.39 Å². The van der Waals surface area contributed by atoms with Crippen molar-refractivity contribution in [1.82, 2.24) is 10.2 Å². The van der Waals surface area contributed by atoms with Gasteiger partial charge in [-0.1, -0.05) is 49.4 Å². The number of likely N-dealkylation sites (N-methyl/N-ethyl adjacent to an activating group) is 1. The second-order valence-electron chi connectivity index (χ2n) is 6.50. The Morgan fingerprint density at radius 3 is 2.24 bits per heavy atom. The number of nitrogens with two attached hydrogens (primary N) is 1. The molecule has 0 aliphatic heterocycles. The Morgan fingerprint density at radius 1 is 1.08 bits per heavy atom. The molecule has 1 amide bonds. The van der Waals surface area contributed by atoms with Gasteiger partial charge in [0.15, 0.2) is 0 Å². The second kappa shape index (κ2) is 8.74. The lowest BCUT2D eigenvalue weighted by Gasteiger charge is -2.27. The normalized spacial score (nSPS) is 14.8. The van der Waals surface area contributed by atoms with Crippen LogP contribution in [0.25, 0.3) is 0 Å². The summed E-state index contributed by atoms with van der Waals surface area (Å²) in [4.78, 5) is 14.5. The quantitative estimate of drug-likeness (QED) is 0.813.